The average Bonchev–Trinajstić information content (AvgIpc) is 0.674. The molecule has 0 aliphatic rings. The molecular weight excluding hydrogens is 1580 g/mol. The second-order valence-corrected chi connectivity index (χ2v) is 31.0. The van der Waals surface area contributed by atoms with Crippen molar-refractivity contribution in [2.45, 2.75) is 158 Å². The highest BCUT2D eigenvalue weighted by atomic mass is 35.5. The Hall–Kier alpha value is -12.5. The number of ether oxygens (including phenoxy) is 6. The van der Waals surface area contributed by atoms with Crippen LogP contribution in [-0.2, 0) is 93.3 Å². The van der Waals surface area contributed by atoms with Crippen molar-refractivity contribution in [3.8, 4) is 34.6 Å². The zero-order valence-electron chi connectivity index (χ0n) is 70.3. The van der Waals surface area contributed by atoms with Crippen LogP contribution in [0, 0.1) is 53.4 Å². The summed E-state index contributed by atoms with van der Waals surface area (Å²) in [6.07, 6.45) is 2.05. The molecule has 24 heteroatoms. The largest absolute Gasteiger partial charge is 0.489 e. The van der Waals surface area contributed by atoms with Crippen LogP contribution in [-0.4, -0.2) is 101 Å². The molecule has 642 valence electrons. The number of halogens is 3. The number of aliphatic carboxylic acids is 3. The average molecular weight is 1690 g/mol. The van der Waals surface area contributed by atoms with Crippen molar-refractivity contribution < 1.29 is 66.9 Å². The Kier molecular flexibility index (Phi) is 36.0. The first-order chi connectivity index (χ1) is 59.3. The molecule has 0 amide bonds. The zero-order valence-corrected chi connectivity index (χ0v) is 71.0. The molecule has 3 atom stereocenters. The lowest BCUT2D eigenvalue weighted by molar-refractivity contribution is -0.139. The Balaban J connectivity index is 0.000000193. The van der Waals surface area contributed by atoms with E-state index in [2.05, 4.69) is 57.1 Å². The summed E-state index contributed by atoms with van der Waals surface area (Å²) in [4.78, 5) is 52.8. The Bertz CT molecular complexity index is 5390. The molecule has 0 unspecified atom stereocenters. The molecule has 21 nitrogen and oxygen atoms in total. The number of carboxylic acids is 3. The lowest BCUT2D eigenvalue weighted by atomic mass is 10.1. The SMILES string of the molecule is Cc1cccc(COc2ccccc2CN(CC[C@H](N)C(=O)O)Cc2c(OCc3cccc(C)c3)ccnc2F)c1.Cc1cccc(COc2ccccc2CN(CC[C@H](N)C(=O)O)Cc2ccc(Cl)nc2OCc2cccc(C)c2)c1.Cc1cccc(COc2ccccc2CN(CC[C@H](N)C(=O)O)Cc2nc(F)ccc2OCc2cccc(C)c2)c1. The summed E-state index contributed by atoms with van der Waals surface area (Å²) in [7, 11) is 0. The third-order valence-electron chi connectivity index (χ3n) is 20.1. The van der Waals surface area contributed by atoms with Gasteiger partial charge in [-0.15, -0.1) is 0 Å². The minimum Gasteiger partial charge on any atom is -0.489 e. The number of aromatic nitrogens is 3. The van der Waals surface area contributed by atoms with Crippen molar-refractivity contribution in [3.05, 3.63) is 372 Å². The zero-order chi connectivity index (χ0) is 87.6. The van der Waals surface area contributed by atoms with Gasteiger partial charge in [0.2, 0.25) is 17.8 Å². The van der Waals surface area contributed by atoms with Crippen LogP contribution in [0.1, 0.15) is 120 Å². The Labute approximate surface area is 723 Å². The minimum atomic E-state index is -1.08. The first-order valence-electron chi connectivity index (χ1n) is 40.7. The fourth-order valence-corrected chi connectivity index (χ4v) is 13.7. The molecule has 3 heterocycles. The van der Waals surface area contributed by atoms with Crippen LogP contribution in [0.3, 0.4) is 0 Å². The van der Waals surface area contributed by atoms with E-state index in [4.69, 9.17) is 57.2 Å². The van der Waals surface area contributed by atoms with Crippen LogP contribution >= 0.6 is 11.6 Å². The van der Waals surface area contributed by atoms with E-state index in [-0.39, 0.29) is 39.0 Å². The molecule has 0 saturated carbocycles. The molecule has 0 spiro atoms. The molecule has 0 fully saturated rings. The van der Waals surface area contributed by atoms with Gasteiger partial charge in [-0.1, -0.05) is 245 Å². The van der Waals surface area contributed by atoms with Crippen molar-refractivity contribution in [1.29, 1.82) is 0 Å². The Morgan fingerprint density at radius 3 is 1.05 bits per heavy atom. The highest BCUT2D eigenvalue weighted by molar-refractivity contribution is 6.29. The van der Waals surface area contributed by atoms with E-state index in [1.807, 2.05) is 239 Å². The molecule has 0 bridgehead atoms. The van der Waals surface area contributed by atoms with Gasteiger partial charge in [-0.25, -0.2) is 15.0 Å². The van der Waals surface area contributed by atoms with Crippen molar-refractivity contribution in [3.63, 3.8) is 0 Å². The summed E-state index contributed by atoms with van der Waals surface area (Å²) in [6, 6.07) is 76.8. The molecule has 0 aliphatic carbocycles. The van der Waals surface area contributed by atoms with Gasteiger partial charge in [0, 0.05) is 87.4 Å². The summed E-state index contributed by atoms with van der Waals surface area (Å²) >= 11 is 6.24. The van der Waals surface area contributed by atoms with Crippen LogP contribution < -0.4 is 45.6 Å². The summed E-state index contributed by atoms with van der Waals surface area (Å²) in [5.41, 5.74) is 34.9. The van der Waals surface area contributed by atoms with E-state index < -0.39 is 47.9 Å². The van der Waals surface area contributed by atoms with Crippen LogP contribution in [0.5, 0.6) is 34.6 Å². The maximum absolute atomic E-state index is 15.1. The fourth-order valence-electron chi connectivity index (χ4n) is 13.6. The number of pyridine rings is 3. The molecule has 3 aromatic heterocycles. The third-order valence-corrected chi connectivity index (χ3v) is 20.3. The van der Waals surface area contributed by atoms with Crippen molar-refractivity contribution in [1.82, 2.24) is 29.7 Å². The molecule has 123 heavy (non-hydrogen) atoms. The highest BCUT2D eigenvalue weighted by Crippen LogP contribution is 2.32. The van der Waals surface area contributed by atoms with Gasteiger partial charge in [-0.2, -0.15) is 8.78 Å². The van der Waals surface area contributed by atoms with Gasteiger partial charge < -0.3 is 60.9 Å². The van der Waals surface area contributed by atoms with Crippen LogP contribution in [0.2, 0.25) is 5.15 Å². The highest BCUT2D eigenvalue weighted by Gasteiger charge is 2.25. The van der Waals surface area contributed by atoms with Gasteiger partial charge in [0.05, 0.1) is 11.3 Å². The maximum Gasteiger partial charge on any atom is 0.320 e. The smallest absolute Gasteiger partial charge is 0.320 e. The van der Waals surface area contributed by atoms with E-state index in [9.17, 15) is 34.1 Å². The number of hydrogen-bond acceptors (Lipinski definition) is 18. The number of aryl methyl sites for hydroxylation is 6. The standard InChI is InChI=1S/C33H36ClN3O4.2C33H36FN3O4/c1-23-7-5-9-25(17-23)21-40-30-12-4-3-11-27(30)19-37(16-15-29(35)33(38)39)20-28-13-14-31(34)36-32(28)41-22-26-10-6-8-24(2)18-26;1-23-7-5-9-25(17-23)21-40-30-12-4-3-11-27(30)19-37(16-14-29(35)33(38)39)20-28-31(13-15-36-32(28)34)41-22-26-10-6-8-24(2)18-26;1-23-7-5-9-25(17-23)21-40-30-12-4-3-11-27(30)19-37(16-15-28(35)33(38)39)20-29-31(13-14-32(34)36-29)41-22-26-10-6-8-24(2)18-26/h3-14,17-18,29H,15-16,19-22,35H2,1-2H3,(H,38,39);3-13,15,17-18,29H,14,16,19-22,35H2,1-2H3,(H,38,39);3-14,17-18,28H,15-16,19-22,35H2,1-2H3,(H,38,39)/t2*29-;28-/m000/s1. The van der Waals surface area contributed by atoms with E-state index in [0.29, 0.717) is 124 Å². The lowest BCUT2D eigenvalue weighted by Crippen LogP contribution is -2.35. The summed E-state index contributed by atoms with van der Waals surface area (Å²) < 4.78 is 66.3. The van der Waals surface area contributed by atoms with Gasteiger partial charge >= 0.3 is 17.9 Å². The molecule has 9 aromatic carbocycles. The molecular formula is C99H108ClF2N9O12. The summed E-state index contributed by atoms with van der Waals surface area (Å²) in [5.74, 6) is -0.965. The predicted octanol–water partition coefficient (Wildman–Crippen LogP) is 17.9. The normalized spacial score (nSPS) is 11.8. The minimum absolute atomic E-state index is 0.140. The van der Waals surface area contributed by atoms with Crippen LogP contribution in [0.25, 0.3) is 0 Å². The van der Waals surface area contributed by atoms with Gasteiger partial charge in [0.15, 0.2) is 0 Å². The van der Waals surface area contributed by atoms with E-state index in [1.54, 1.807) is 18.2 Å². The number of nitrogens with zero attached hydrogens (tertiary/aromatic N) is 6. The molecule has 0 aliphatic heterocycles. The van der Waals surface area contributed by atoms with Gasteiger partial charge in [0.1, 0.15) is 91.7 Å². The summed E-state index contributed by atoms with van der Waals surface area (Å²) in [6.45, 7) is 17.6. The second kappa shape index (κ2) is 47.7. The molecule has 0 radical (unpaired) electrons. The third kappa shape index (κ3) is 31.2. The number of hydrogen-bond donors (Lipinski definition) is 6. The molecule has 0 saturated heterocycles. The predicted molar refractivity (Wildman–Crippen MR) is 473 cm³/mol. The lowest BCUT2D eigenvalue weighted by Gasteiger charge is -2.25. The number of rotatable bonds is 42. The molecule has 12 rings (SSSR count). The molecule has 9 N–H and O–H groups in total. The van der Waals surface area contributed by atoms with Crippen LogP contribution in [0.4, 0.5) is 8.78 Å². The van der Waals surface area contributed by atoms with E-state index >= 15 is 4.39 Å². The monoisotopic (exact) mass is 1690 g/mol. The second-order valence-electron chi connectivity index (χ2n) is 30.6. The number of benzene rings is 9. The Morgan fingerprint density at radius 2 is 0.683 bits per heavy atom. The topological polar surface area (TPSA) is 294 Å². The quantitative estimate of drug-likeness (QED) is 0.0194. The first-order valence-corrected chi connectivity index (χ1v) is 41.1. The summed E-state index contributed by atoms with van der Waals surface area (Å²) in [5, 5.41) is 28.4. The number of carboxylic acid groups (broad SMARTS) is 3. The van der Waals surface area contributed by atoms with Gasteiger partial charge in [-0.05, 0) is 143 Å². The van der Waals surface area contributed by atoms with E-state index in [0.717, 1.165) is 89.2 Å². The maximum atomic E-state index is 15.1. The molecule has 12 aromatic rings. The van der Waals surface area contributed by atoms with Gasteiger partial charge in [0.25, 0.3) is 0 Å². The van der Waals surface area contributed by atoms with Crippen molar-refractivity contribution in [2.24, 2.45) is 17.2 Å². The first kappa shape index (κ1) is 92.8. The van der Waals surface area contributed by atoms with Crippen LogP contribution in [0.15, 0.2) is 255 Å². The number of para-hydroxylation sites is 3. The Morgan fingerprint density at radius 1 is 0.358 bits per heavy atom. The van der Waals surface area contributed by atoms with E-state index in [1.165, 1.54) is 17.8 Å². The number of nitrogens with two attached hydrogens (primary N) is 3. The van der Waals surface area contributed by atoms with Crippen molar-refractivity contribution >= 4 is 29.5 Å². The fraction of sp³-hybridized carbons (Fsp3) is 0.273. The number of carbonyl (C=O) groups is 3. The van der Waals surface area contributed by atoms with Gasteiger partial charge in [-0.3, -0.25) is 29.1 Å². The van der Waals surface area contributed by atoms with Crippen molar-refractivity contribution in [2.75, 3.05) is 19.6 Å².